The van der Waals surface area contributed by atoms with Crippen LogP contribution in [0.15, 0.2) is 29.8 Å². The van der Waals surface area contributed by atoms with E-state index in [2.05, 4.69) is 15.3 Å². The minimum Gasteiger partial charge on any atom is -0.396 e. The molecule has 0 aliphatic heterocycles. The third-order valence-electron chi connectivity index (χ3n) is 2.55. The summed E-state index contributed by atoms with van der Waals surface area (Å²) >= 11 is 1.45. The molecule has 4 nitrogen and oxygen atoms in total. The van der Waals surface area contributed by atoms with Gasteiger partial charge in [-0.3, -0.25) is 0 Å². The van der Waals surface area contributed by atoms with E-state index < -0.39 is 11.9 Å². The van der Waals surface area contributed by atoms with Crippen LogP contribution in [0.2, 0.25) is 0 Å². The smallest absolute Gasteiger partial charge is 0.396 e. The molecular weight excluding hydrogens is 291 g/mol. The van der Waals surface area contributed by atoms with Crippen LogP contribution in [0.5, 0.6) is 0 Å². The molecule has 0 saturated heterocycles. The van der Waals surface area contributed by atoms with Crippen molar-refractivity contribution in [3.05, 3.63) is 40.3 Å². The van der Waals surface area contributed by atoms with Gasteiger partial charge in [0.05, 0.1) is 6.04 Å². The van der Waals surface area contributed by atoms with E-state index in [0.717, 1.165) is 17.1 Å². The van der Waals surface area contributed by atoms with Crippen LogP contribution in [0.4, 0.5) is 19.1 Å². The Morgan fingerprint density at radius 3 is 2.75 bits per heavy atom. The highest BCUT2D eigenvalue weighted by Gasteiger charge is 2.33. The fraction of sp³-hybridized carbons (Fsp3) is 0.333. The standard InChI is InChI=1S/C12H12F3N3OS/c13-12(14,15)10-3-5-16-11(18-10)17-8(4-6-19)9-2-1-7-20-9/h1-3,5,7-8,19H,4,6H2,(H,16,17,18)/t8-/m0/s1. The summed E-state index contributed by atoms with van der Waals surface area (Å²) in [4.78, 5) is 8.14. The molecule has 0 fully saturated rings. The SMILES string of the molecule is OCC[C@H](Nc1nccc(C(F)(F)F)n1)c1cccs1. The Kier molecular flexibility index (Phi) is 4.56. The van der Waals surface area contributed by atoms with Gasteiger partial charge in [0.2, 0.25) is 5.95 Å². The van der Waals surface area contributed by atoms with E-state index in [4.69, 9.17) is 5.11 Å². The van der Waals surface area contributed by atoms with E-state index >= 15 is 0 Å². The van der Waals surface area contributed by atoms with Gasteiger partial charge in [0, 0.05) is 17.7 Å². The molecule has 2 heterocycles. The summed E-state index contributed by atoms with van der Waals surface area (Å²) in [6.07, 6.45) is -3.09. The highest BCUT2D eigenvalue weighted by molar-refractivity contribution is 7.10. The number of anilines is 1. The van der Waals surface area contributed by atoms with E-state index in [-0.39, 0.29) is 18.6 Å². The monoisotopic (exact) mass is 303 g/mol. The zero-order valence-corrected chi connectivity index (χ0v) is 11.1. The molecule has 0 radical (unpaired) electrons. The normalized spacial score (nSPS) is 13.2. The maximum absolute atomic E-state index is 12.6. The zero-order valence-electron chi connectivity index (χ0n) is 10.3. The van der Waals surface area contributed by atoms with Gasteiger partial charge in [0.25, 0.3) is 0 Å². The molecule has 0 amide bonds. The summed E-state index contributed by atoms with van der Waals surface area (Å²) in [5.41, 5.74) is -0.996. The molecule has 2 aromatic heterocycles. The molecule has 0 spiro atoms. The molecule has 8 heteroatoms. The summed E-state index contributed by atoms with van der Waals surface area (Å²) in [5, 5.41) is 13.7. The molecule has 0 bridgehead atoms. The Bertz CT molecular complexity index is 545. The maximum Gasteiger partial charge on any atom is 0.433 e. The summed E-state index contributed by atoms with van der Waals surface area (Å²) < 4.78 is 37.7. The van der Waals surface area contributed by atoms with Gasteiger partial charge in [-0.1, -0.05) is 6.07 Å². The molecule has 108 valence electrons. The molecule has 0 unspecified atom stereocenters. The number of halogens is 3. The van der Waals surface area contributed by atoms with Crippen molar-refractivity contribution in [1.82, 2.24) is 9.97 Å². The van der Waals surface area contributed by atoms with Crippen molar-refractivity contribution in [2.45, 2.75) is 18.6 Å². The van der Waals surface area contributed by atoms with Crippen molar-refractivity contribution in [3.8, 4) is 0 Å². The molecule has 0 aliphatic carbocycles. The first-order valence-corrected chi connectivity index (χ1v) is 6.69. The lowest BCUT2D eigenvalue weighted by molar-refractivity contribution is -0.141. The van der Waals surface area contributed by atoms with E-state index in [9.17, 15) is 13.2 Å². The van der Waals surface area contributed by atoms with Crippen LogP contribution >= 0.6 is 11.3 Å². The first kappa shape index (κ1) is 14.7. The average molecular weight is 303 g/mol. The number of nitrogens with one attached hydrogen (secondary N) is 1. The van der Waals surface area contributed by atoms with Gasteiger partial charge in [-0.05, 0) is 23.9 Å². The van der Waals surface area contributed by atoms with Crippen molar-refractivity contribution in [1.29, 1.82) is 0 Å². The van der Waals surface area contributed by atoms with Crippen LogP contribution in [0.25, 0.3) is 0 Å². The summed E-state index contributed by atoms with van der Waals surface area (Å²) in [6.45, 7) is -0.0888. The highest BCUT2D eigenvalue weighted by Crippen LogP contribution is 2.29. The molecule has 2 N–H and O–H groups in total. The average Bonchev–Trinajstić information content (AvgIpc) is 2.91. The molecule has 20 heavy (non-hydrogen) atoms. The Morgan fingerprint density at radius 1 is 1.35 bits per heavy atom. The lowest BCUT2D eigenvalue weighted by Gasteiger charge is -2.17. The van der Waals surface area contributed by atoms with Gasteiger partial charge in [-0.15, -0.1) is 11.3 Å². The summed E-state index contributed by atoms with van der Waals surface area (Å²) in [5.74, 6) is -0.105. The largest absolute Gasteiger partial charge is 0.433 e. The highest BCUT2D eigenvalue weighted by atomic mass is 32.1. The first-order valence-electron chi connectivity index (χ1n) is 5.81. The number of thiophene rings is 1. The molecule has 0 aliphatic rings. The third-order valence-corrected chi connectivity index (χ3v) is 3.54. The maximum atomic E-state index is 12.6. The first-order chi connectivity index (χ1) is 9.50. The van der Waals surface area contributed by atoms with Crippen molar-refractivity contribution in [2.24, 2.45) is 0 Å². The van der Waals surface area contributed by atoms with E-state index in [1.807, 2.05) is 17.5 Å². The van der Waals surface area contributed by atoms with Crippen molar-refractivity contribution in [2.75, 3.05) is 11.9 Å². The number of aromatic nitrogens is 2. The van der Waals surface area contributed by atoms with Crippen LogP contribution < -0.4 is 5.32 Å². The lowest BCUT2D eigenvalue weighted by atomic mass is 10.2. The van der Waals surface area contributed by atoms with Crippen LogP contribution in [0.1, 0.15) is 23.0 Å². The van der Waals surface area contributed by atoms with Crippen LogP contribution in [-0.2, 0) is 6.18 Å². The Hall–Kier alpha value is -1.67. The number of rotatable bonds is 5. The van der Waals surface area contributed by atoms with Crippen LogP contribution in [-0.4, -0.2) is 21.7 Å². The number of nitrogens with zero attached hydrogens (tertiary/aromatic N) is 2. The van der Waals surface area contributed by atoms with Gasteiger partial charge in [-0.2, -0.15) is 13.2 Å². The third kappa shape index (κ3) is 3.67. The van der Waals surface area contributed by atoms with Gasteiger partial charge in [-0.25, -0.2) is 9.97 Å². The lowest BCUT2D eigenvalue weighted by Crippen LogP contribution is -2.16. The summed E-state index contributed by atoms with van der Waals surface area (Å²) in [6, 6.07) is 4.17. The van der Waals surface area contributed by atoms with Crippen molar-refractivity contribution in [3.63, 3.8) is 0 Å². The minimum atomic E-state index is -4.51. The fourth-order valence-electron chi connectivity index (χ4n) is 1.65. The minimum absolute atomic E-state index is 0.0888. The second-order valence-corrected chi connectivity index (χ2v) is 4.97. The number of aliphatic hydroxyl groups excluding tert-OH is 1. The second kappa shape index (κ2) is 6.19. The number of aliphatic hydroxyl groups is 1. The van der Waals surface area contributed by atoms with Gasteiger partial charge >= 0.3 is 6.18 Å². The molecule has 2 rings (SSSR count). The topological polar surface area (TPSA) is 58.0 Å². The Balaban J connectivity index is 2.19. The van der Waals surface area contributed by atoms with Crippen LogP contribution in [0, 0.1) is 0 Å². The predicted molar refractivity (Wildman–Crippen MR) is 69.4 cm³/mol. The van der Waals surface area contributed by atoms with Gasteiger partial charge in [0.1, 0.15) is 5.69 Å². The summed E-state index contributed by atoms with van der Waals surface area (Å²) in [7, 11) is 0. The van der Waals surface area contributed by atoms with Gasteiger partial charge in [0.15, 0.2) is 0 Å². The number of hydrogen-bond donors (Lipinski definition) is 2. The number of alkyl halides is 3. The number of hydrogen-bond acceptors (Lipinski definition) is 5. The Labute approximate surface area is 117 Å². The molecular formula is C12H12F3N3OS. The molecule has 2 aromatic rings. The predicted octanol–water partition coefficient (Wildman–Crippen LogP) is 3.09. The Morgan fingerprint density at radius 2 is 2.15 bits per heavy atom. The molecule has 1 atom stereocenters. The van der Waals surface area contributed by atoms with Crippen LogP contribution in [0.3, 0.4) is 0 Å². The van der Waals surface area contributed by atoms with Crippen molar-refractivity contribution < 1.29 is 18.3 Å². The van der Waals surface area contributed by atoms with E-state index in [1.165, 1.54) is 11.3 Å². The van der Waals surface area contributed by atoms with E-state index in [0.29, 0.717) is 6.42 Å². The molecule has 0 aromatic carbocycles. The fourth-order valence-corrected chi connectivity index (χ4v) is 2.46. The zero-order chi connectivity index (χ0) is 14.6. The second-order valence-electron chi connectivity index (χ2n) is 3.99. The quantitative estimate of drug-likeness (QED) is 0.891. The molecule has 0 saturated carbocycles. The van der Waals surface area contributed by atoms with Crippen molar-refractivity contribution >= 4 is 17.3 Å². The van der Waals surface area contributed by atoms with Gasteiger partial charge < -0.3 is 10.4 Å². The van der Waals surface area contributed by atoms with E-state index in [1.54, 1.807) is 0 Å².